The first-order valence-corrected chi connectivity index (χ1v) is 14.2. The van der Waals surface area contributed by atoms with Gasteiger partial charge in [-0.25, -0.2) is 4.98 Å². The molecule has 0 amide bonds. The lowest BCUT2D eigenvalue weighted by molar-refractivity contribution is -0.0913. The van der Waals surface area contributed by atoms with E-state index in [1.165, 1.54) is 11.4 Å². The van der Waals surface area contributed by atoms with Crippen molar-refractivity contribution < 1.29 is 13.2 Å². The predicted molar refractivity (Wildman–Crippen MR) is 160 cm³/mol. The average Bonchev–Trinajstić information content (AvgIpc) is 3.35. The van der Waals surface area contributed by atoms with Crippen LogP contribution in [0.4, 0.5) is 13.2 Å². The van der Waals surface area contributed by atoms with E-state index in [0.29, 0.717) is 14.2 Å². The van der Waals surface area contributed by atoms with E-state index in [4.69, 9.17) is 4.98 Å². The second-order valence-corrected chi connectivity index (χ2v) is 10.2. The van der Waals surface area contributed by atoms with Crippen LogP contribution in [0.5, 0.6) is 0 Å². The minimum atomic E-state index is -4.39. The molecule has 2 heterocycles. The van der Waals surface area contributed by atoms with Gasteiger partial charge in [-0.1, -0.05) is 65.1 Å². The summed E-state index contributed by atoms with van der Waals surface area (Å²) in [5, 5.41) is 2.11. The first kappa shape index (κ1) is 30.0. The van der Waals surface area contributed by atoms with Crippen molar-refractivity contribution in [1.29, 1.82) is 0 Å². The van der Waals surface area contributed by atoms with Crippen molar-refractivity contribution in [2.45, 2.75) is 39.3 Å². The molecule has 0 saturated heterocycles. The summed E-state index contributed by atoms with van der Waals surface area (Å²) in [6, 6.07) is 8.17. The average molecular weight is 550 g/mol. The first-order valence-electron chi connectivity index (χ1n) is 12.7. The number of allylic oxidation sites excluding steroid dienone is 10. The number of fused-ring (bicyclic) bond motifs is 1. The second kappa shape index (κ2) is 13.0. The van der Waals surface area contributed by atoms with Crippen LogP contribution in [-0.4, -0.2) is 27.4 Å². The van der Waals surface area contributed by atoms with Gasteiger partial charge in [0.2, 0.25) is 0 Å². The number of pyridine rings is 1. The molecule has 0 fully saturated rings. The number of alkyl halides is 3. The highest BCUT2D eigenvalue weighted by Crippen LogP contribution is 2.36. The van der Waals surface area contributed by atoms with Gasteiger partial charge in [0.05, 0.1) is 17.8 Å². The van der Waals surface area contributed by atoms with Crippen molar-refractivity contribution in [2.75, 3.05) is 6.66 Å². The summed E-state index contributed by atoms with van der Waals surface area (Å²) in [4.78, 5) is 9.24. The number of halogens is 3. The molecule has 3 rings (SSSR count). The molecule has 0 aliphatic carbocycles. The molecule has 0 radical (unpaired) electrons. The highest BCUT2D eigenvalue weighted by atomic mass is 31.1. The molecule has 39 heavy (non-hydrogen) atoms. The highest BCUT2D eigenvalue weighted by Gasteiger charge is 2.29. The zero-order valence-corrected chi connectivity index (χ0v) is 24.1. The Bertz CT molecular complexity index is 1490. The second-order valence-electron chi connectivity index (χ2n) is 9.17. The smallest absolute Gasteiger partial charge is 0.337 e. The predicted octanol–water partition coefficient (Wildman–Crippen LogP) is 9.07. The molecule has 0 spiro atoms. The van der Waals surface area contributed by atoms with Gasteiger partial charge in [-0.15, -0.1) is 0 Å². The zero-order chi connectivity index (χ0) is 28.7. The molecule has 0 bridgehead atoms. The lowest BCUT2D eigenvalue weighted by Crippen LogP contribution is -2.10. The molecule has 0 saturated carbocycles. The van der Waals surface area contributed by atoms with Crippen molar-refractivity contribution >= 4 is 25.1 Å². The minimum Gasteiger partial charge on any atom is -0.337 e. The van der Waals surface area contributed by atoms with Crippen LogP contribution in [0.25, 0.3) is 16.5 Å². The normalized spacial score (nSPS) is 14.9. The molecule has 2 unspecified atom stereocenters. The van der Waals surface area contributed by atoms with Crippen molar-refractivity contribution in [3.05, 3.63) is 125 Å². The van der Waals surface area contributed by atoms with Gasteiger partial charge in [-0.2, -0.15) is 13.2 Å². The van der Waals surface area contributed by atoms with E-state index in [-0.39, 0.29) is 5.92 Å². The Labute approximate surface area is 231 Å². The van der Waals surface area contributed by atoms with E-state index < -0.39 is 11.7 Å². The van der Waals surface area contributed by atoms with Crippen molar-refractivity contribution in [3.63, 3.8) is 0 Å². The van der Waals surface area contributed by atoms with Gasteiger partial charge in [0.25, 0.3) is 0 Å². The summed E-state index contributed by atoms with van der Waals surface area (Å²) >= 11 is 0. The van der Waals surface area contributed by atoms with Gasteiger partial charge < -0.3 is 4.57 Å². The summed E-state index contributed by atoms with van der Waals surface area (Å²) in [5.74, 6) is -0.374. The third-order valence-corrected chi connectivity index (χ3v) is 7.65. The van der Waals surface area contributed by atoms with E-state index in [1.807, 2.05) is 36.7 Å². The van der Waals surface area contributed by atoms with Crippen molar-refractivity contribution in [2.24, 2.45) is 7.05 Å². The number of imidazole rings is 1. The molecular weight excluding hydrogens is 514 g/mol. The fraction of sp³-hybridized carbons (Fsp3) is 0.250. The number of rotatable bonds is 10. The number of hydrogen-bond donors (Lipinski definition) is 0. The summed E-state index contributed by atoms with van der Waals surface area (Å²) < 4.78 is 41.5. The summed E-state index contributed by atoms with van der Waals surface area (Å²) in [6.45, 7) is 15.2. The lowest BCUT2D eigenvalue weighted by atomic mass is 9.86. The Hall–Kier alpha value is -3.50. The number of aromatic nitrogens is 3. The molecular formula is C32H35F3N3P. The molecule has 0 aliphatic heterocycles. The maximum atomic E-state index is 13.2. The summed E-state index contributed by atoms with van der Waals surface area (Å²) in [6.07, 6.45) is 10.1. The third kappa shape index (κ3) is 6.93. The van der Waals surface area contributed by atoms with Crippen LogP contribution in [0.2, 0.25) is 0 Å². The van der Waals surface area contributed by atoms with E-state index in [2.05, 4.69) is 56.0 Å². The molecule has 7 heteroatoms. The molecule has 204 valence electrons. The van der Waals surface area contributed by atoms with Crippen molar-refractivity contribution in [1.82, 2.24) is 14.5 Å². The highest BCUT2D eigenvalue weighted by molar-refractivity contribution is 7.42. The Kier molecular flexibility index (Phi) is 10.0. The molecule has 3 aromatic rings. The van der Waals surface area contributed by atoms with Gasteiger partial charge >= 0.3 is 6.18 Å². The van der Waals surface area contributed by atoms with Gasteiger partial charge in [0, 0.05) is 41.2 Å². The van der Waals surface area contributed by atoms with Crippen LogP contribution in [0, 0.1) is 0 Å². The van der Waals surface area contributed by atoms with Crippen LogP contribution in [-0.2, 0) is 13.5 Å². The van der Waals surface area contributed by atoms with Gasteiger partial charge in [0.1, 0.15) is 0 Å². The monoisotopic (exact) mass is 549 g/mol. The standard InChI is InChI=1S/C32H35F3N3P/c1-8-22(13-12-21(5)32(33,34)35)31(30-19-36-20-38(30)6)24-14-15-29-25(16-24)18-27(28(11-4)37-29)23(9-2)17-26(10-3)39-7/h8-10,12-20,31,39H,1,3,11H2,2,4-7H3/b21-12+,22-13+,23-9+,26-17+. The minimum absolute atomic E-state index is 0.374. The zero-order valence-electron chi connectivity index (χ0n) is 23.1. The fourth-order valence-corrected chi connectivity index (χ4v) is 4.93. The third-order valence-electron chi connectivity index (χ3n) is 6.72. The van der Waals surface area contributed by atoms with E-state index >= 15 is 0 Å². The van der Waals surface area contributed by atoms with Gasteiger partial charge in [0.15, 0.2) is 0 Å². The lowest BCUT2D eigenvalue weighted by Gasteiger charge is -2.21. The van der Waals surface area contributed by atoms with Crippen LogP contribution in [0.1, 0.15) is 49.2 Å². The summed E-state index contributed by atoms with van der Waals surface area (Å²) in [7, 11) is 2.49. The van der Waals surface area contributed by atoms with E-state index in [0.717, 1.165) is 58.4 Å². The van der Waals surface area contributed by atoms with E-state index in [9.17, 15) is 13.2 Å². The molecule has 2 atom stereocenters. The Morgan fingerprint density at radius 3 is 2.44 bits per heavy atom. The fourth-order valence-electron chi connectivity index (χ4n) is 4.43. The SMILES string of the molecule is C=C/C(=C\C(=C/C)c1cc2cc(C(/C(C=C)=C/C=C(\C)C(F)(F)F)c3cncn3C)ccc2nc1CC)PC. The summed E-state index contributed by atoms with van der Waals surface area (Å²) in [5.41, 5.74) is 5.72. The number of hydrogen-bond acceptors (Lipinski definition) is 2. The number of benzene rings is 1. The first-order chi connectivity index (χ1) is 18.6. The van der Waals surface area contributed by atoms with Gasteiger partial charge in [-0.3, -0.25) is 4.98 Å². The van der Waals surface area contributed by atoms with Crippen LogP contribution >= 0.6 is 8.58 Å². The maximum absolute atomic E-state index is 13.2. The van der Waals surface area contributed by atoms with Crippen molar-refractivity contribution in [3.8, 4) is 0 Å². The Morgan fingerprint density at radius 1 is 1.15 bits per heavy atom. The molecule has 3 nitrogen and oxygen atoms in total. The van der Waals surface area contributed by atoms with Crippen LogP contribution in [0.15, 0.2) is 103 Å². The number of nitrogens with zero attached hydrogens (tertiary/aromatic N) is 3. The quantitative estimate of drug-likeness (QED) is 0.187. The Morgan fingerprint density at radius 2 is 1.90 bits per heavy atom. The molecule has 0 aliphatic rings. The van der Waals surface area contributed by atoms with Gasteiger partial charge in [-0.05, 0) is 73.2 Å². The topological polar surface area (TPSA) is 30.7 Å². The van der Waals surface area contributed by atoms with E-state index in [1.54, 1.807) is 18.6 Å². The number of aryl methyl sites for hydroxylation is 2. The molecule has 0 N–H and O–H groups in total. The maximum Gasteiger partial charge on any atom is 0.412 e. The Balaban J connectivity index is 2.25. The molecule has 2 aromatic heterocycles. The van der Waals surface area contributed by atoms with Crippen LogP contribution in [0.3, 0.4) is 0 Å². The largest absolute Gasteiger partial charge is 0.412 e. The molecule has 1 aromatic carbocycles. The van der Waals surface area contributed by atoms with Crippen LogP contribution < -0.4 is 0 Å².